The van der Waals surface area contributed by atoms with E-state index in [0.29, 0.717) is 13.0 Å². The summed E-state index contributed by atoms with van der Waals surface area (Å²) in [5.41, 5.74) is 4.04. The van der Waals surface area contributed by atoms with Crippen LogP contribution in [0.25, 0.3) is 0 Å². The molecule has 3 rings (SSSR count). The van der Waals surface area contributed by atoms with Crippen molar-refractivity contribution in [1.82, 2.24) is 20.9 Å². The molecule has 3 fully saturated rings. The number of nitrogens with zero attached hydrogens (tertiary/aromatic N) is 1. The maximum Gasteiger partial charge on any atom is 0.315 e. The molecule has 5 N–H and O–H groups in total. The van der Waals surface area contributed by atoms with Crippen LogP contribution in [0.4, 0.5) is 4.79 Å². The maximum absolute atomic E-state index is 13.9. The van der Waals surface area contributed by atoms with Crippen LogP contribution in [0.5, 0.6) is 0 Å². The van der Waals surface area contributed by atoms with Crippen molar-refractivity contribution >= 4 is 29.5 Å². The normalized spacial score (nSPS) is 26.3. The standard InChI is InChI=1S/C27H45N5O5/c1-25(2,3)20(30-24(37)31-26(4,5)6)23(36)32-13-15-17(27(15,7)8)18(32)22(35)29-16(19(33)21(28)34)12-14-10-9-11-14/h14-18,20H,9-13H2,1-8H3,(H2,28,34)(H,29,35)(H2,30,31,37)/t15-,16?,17?,18-,20+/m0/s1. The molecule has 10 heteroatoms. The fraction of sp³-hybridized carbons (Fsp3) is 0.815. The number of primary amides is 1. The minimum absolute atomic E-state index is 0.0755. The summed E-state index contributed by atoms with van der Waals surface area (Å²) in [6.07, 6.45) is 3.31. The Labute approximate surface area is 220 Å². The molecule has 0 spiro atoms. The molecule has 3 aliphatic rings. The highest BCUT2D eigenvalue weighted by molar-refractivity contribution is 6.37. The van der Waals surface area contributed by atoms with Gasteiger partial charge in [0, 0.05) is 12.1 Å². The molecule has 1 aliphatic heterocycles. The van der Waals surface area contributed by atoms with Crippen LogP contribution in [-0.2, 0) is 19.2 Å². The molecular weight excluding hydrogens is 474 g/mol. The second-order valence-corrected chi connectivity index (χ2v) is 13.9. The van der Waals surface area contributed by atoms with Gasteiger partial charge in [0.2, 0.25) is 17.6 Å². The Balaban J connectivity index is 1.83. The first-order valence-corrected chi connectivity index (χ1v) is 13.4. The molecule has 2 saturated carbocycles. The van der Waals surface area contributed by atoms with Crippen molar-refractivity contribution < 1.29 is 24.0 Å². The van der Waals surface area contributed by atoms with Gasteiger partial charge in [0.25, 0.3) is 5.91 Å². The van der Waals surface area contributed by atoms with Crippen molar-refractivity contribution in [3.63, 3.8) is 0 Å². The lowest BCUT2D eigenvalue weighted by Crippen LogP contribution is -2.62. The highest BCUT2D eigenvalue weighted by Crippen LogP contribution is 2.65. The first kappa shape index (κ1) is 28.9. The van der Waals surface area contributed by atoms with Crippen LogP contribution in [0.15, 0.2) is 0 Å². The summed E-state index contributed by atoms with van der Waals surface area (Å²) in [5, 5.41) is 8.44. The van der Waals surface area contributed by atoms with Crippen molar-refractivity contribution in [1.29, 1.82) is 0 Å². The van der Waals surface area contributed by atoms with Gasteiger partial charge in [-0.1, -0.05) is 53.9 Å². The molecule has 0 aromatic heterocycles. The number of hydrogen-bond acceptors (Lipinski definition) is 5. The summed E-state index contributed by atoms with van der Waals surface area (Å²) in [6.45, 7) is 15.7. The number of carbonyl (C=O) groups excluding carboxylic acids is 5. The van der Waals surface area contributed by atoms with Crippen LogP contribution in [0.2, 0.25) is 0 Å². The number of nitrogens with two attached hydrogens (primary N) is 1. The van der Waals surface area contributed by atoms with Crippen LogP contribution in [0, 0.1) is 28.6 Å². The van der Waals surface area contributed by atoms with Crippen molar-refractivity contribution in [2.24, 2.45) is 34.3 Å². The summed E-state index contributed by atoms with van der Waals surface area (Å²) in [6, 6.07) is -3.13. The predicted molar refractivity (Wildman–Crippen MR) is 139 cm³/mol. The zero-order valence-electron chi connectivity index (χ0n) is 23.6. The third-order valence-corrected chi connectivity index (χ3v) is 8.31. The number of rotatable bonds is 8. The molecule has 1 saturated heterocycles. The van der Waals surface area contributed by atoms with E-state index in [4.69, 9.17) is 5.73 Å². The van der Waals surface area contributed by atoms with Gasteiger partial charge in [-0.2, -0.15) is 0 Å². The van der Waals surface area contributed by atoms with E-state index in [-0.39, 0.29) is 29.1 Å². The van der Waals surface area contributed by atoms with Gasteiger partial charge in [-0.15, -0.1) is 0 Å². The topological polar surface area (TPSA) is 151 Å². The van der Waals surface area contributed by atoms with Crippen molar-refractivity contribution in [2.45, 2.75) is 105 Å². The number of ketones is 1. The van der Waals surface area contributed by atoms with E-state index >= 15 is 0 Å². The predicted octanol–water partition coefficient (Wildman–Crippen LogP) is 1.71. The van der Waals surface area contributed by atoms with E-state index in [1.807, 2.05) is 41.5 Å². The first-order chi connectivity index (χ1) is 16.8. The third-order valence-electron chi connectivity index (χ3n) is 8.31. The fourth-order valence-corrected chi connectivity index (χ4v) is 5.86. The summed E-state index contributed by atoms with van der Waals surface area (Å²) < 4.78 is 0. The zero-order chi connectivity index (χ0) is 28.1. The molecule has 10 nitrogen and oxygen atoms in total. The highest BCUT2D eigenvalue weighted by atomic mass is 16.2. The zero-order valence-corrected chi connectivity index (χ0v) is 23.6. The summed E-state index contributed by atoms with van der Waals surface area (Å²) in [5.74, 6) is -2.35. The van der Waals surface area contributed by atoms with Gasteiger partial charge in [-0.3, -0.25) is 19.2 Å². The second kappa shape index (κ2) is 9.91. The number of hydrogen-bond donors (Lipinski definition) is 4. The maximum atomic E-state index is 13.9. The van der Waals surface area contributed by atoms with Crippen LogP contribution in [-0.4, -0.2) is 64.6 Å². The Kier molecular flexibility index (Phi) is 7.74. The van der Waals surface area contributed by atoms with E-state index < -0.39 is 52.7 Å². The number of amides is 5. The number of Topliss-reactive ketones (excluding diaryl/α,β-unsaturated/α-hetero) is 1. The number of nitrogens with one attached hydrogen (secondary N) is 3. The molecule has 5 atom stereocenters. The number of piperidine rings is 1. The number of likely N-dealkylation sites (tertiary alicyclic amines) is 1. The van der Waals surface area contributed by atoms with Crippen LogP contribution in [0.1, 0.15) is 81.1 Å². The molecule has 2 unspecified atom stereocenters. The van der Waals surface area contributed by atoms with E-state index in [9.17, 15) is 24.0 Å². The number of urea groups is 1. The van der Waals surface area contributed by atoms with E-state index in [0.717, 1.165) is 19.3 Å². The molecule has 1 heterocycles. The van der Waals surface area contributed by atoms with E-state index in [2.05, 4.69) is 29.8 Å². The Morgan fingerprint density at radius 2 is 1.59 bits per heavy atom. The van der Waals surface area contributed by atoms with Gasteiger partial charge in [0.15, 0.2) is 0 Å². The van der Waals surface area contributed by atoms with Crippen molar-refractivity contribution in [2.75, 3.05) is 6.54 Å². The first-order valence-electron chi connectivity index (χ1n) is 13.4. The molecule has 5 amide bonds. The number of fused-ring (bicyclic) bond motifs is 1. The average molecular weight is 520 g/mol. The van der Waals surface area contributed by atoms with E-state index in [1.54, 1.807) is 4.90 Å². The quantitative estimate of drug-likeness (QED) is 0.360. The molecule has 2 aliphatic carbocycles. The largest absolute Gasteiger partial charge is 0.363 e. The SMILES string of the molecule is CC(C)(C)NC(=O)N[C@H](C(=O)N1C[C@H]2C([C@H]1C(=O)NC(CC1CCC1)C(=O)C(N)=O)C2(C)C)C(C)(C)C. The lowest BCUT2D eigenvalue weighted by atomic mass is 9.80. The summed E-state index contributed by atoms with van der Waals surface area (Å²) in [7, 11) is 0. The smallest absolute Gasteiger partial charge is 0.315 e. The van der Waals surface area contributed by atoms with Gasteiger partial charge in [0.1, 0.15) is 12.1 Å². The molecule has 0 bridgehead atoms. The van der Waals surface area contributed by atoms with Crippen LogP contribution < -0.4 is 21.7 Å². The average Bonchev–Trinajstić information content (AvgIpc) is 3.06. The monoisotopic (exact) mass is 519 g/mol. The lowest BCUT2D eigenvalue weighted by Gasteiger charge is -2.38. The Hall–Kier alpha value is -2.65. The third kappa shape index (κ3) is 6.26. The van der Waals surface area contributed by atoms with Gasteiger partial charge in [0.05, 0.1) is 6.04 Å². The van der Waals surface area contributed by atoms with Gasteiger partial charge >= 0.3 is 6.03 Å². The van der Waals surface area contributed by atoms with Gasteiger partial charge in [-0.05, 0) is 55.8 Å². The van der Waals surface area contributed by atoms with Crippen LogP contribution >= 0.6 is 0 Å². The van der Waals surface area contributed by atoms with Crippen molar-refractivity contribution in [3.05, 3.63) is 0 Å². The second-order valence-electron chi connectivity index (χ2n) is 13.9. The molecular formula is C27H45N5O5. The summed E-state index contributed by atoms with van der Waals surface area (Å²) in [4.78, 5) is 66.1. The van der Waals surface area contributed by atoms with Crippen molar-refractivity contribution in [3.8, 4) is 0 Å². The van der Waals surface area contributed by atoms with E-state index in [1.165, 1.54) is 0 Å². The van der Waals surface area contributed by atoms with Crippen LogP contribution in [0.3, 0.4) is 0 Å². The Bertz CT molecular complexity index is 959. The molecule has 0 aromatic rings. The van der Waals surface area contributed by atoms with Gasteiger partial charge in [-0.25, -0.2) is 4.79 Å². The highest BCUT2D eigenvalue weighted by Gasteiger charge is 2.70. The Morgan fingerprint density at radius 3 is 2.05 bits per heavy atom. The molecule has 0 aromatic carbocycles. The Morgan fingerprint density at radius 1 is 1.00 bits per heavy atom. The van der Waals surface area contributed by atoms with Gasteiger partial charge < -0.3 is 26.6 Å². The molecule has 37 heavy (non-hydrogen) atoms. The minimum atomic E-state index is -1.07. The fourth-order valence-electron chi connectivity index (χ4n) is 5.86. The lowest BCUT2D eigenvalue weighted by molar-refractivity contribution is -0.145. The number of carbonyl (C=O) groups is 5. The summed E-state index contributed by atoms with van der Waals surface area (Å²) >= 11 is 0. The minimum Gasteiger partial charge on any atom is -0.363 e. The molecule has 0 radical (unpaired) electrons. The molecule has 208 valence electrons.